The van der Waals surface area contributed by atoms with Crippen molar-refractivity contribution in [3.05, 3.63) is 29.8 Å². The molecule has 0 aromatic heterocycles. The molecule has 1 rings (SSSR count). The average Bonchev–Trinajstić information content (AvgIpc) is 2.49. The van der Waals surface area contributed by atoms with Gasteiger partial charge < -0.3 is 15.1 Å². The first-order chi connectivity index (χ1) is 10.4. The van der Waals surface area contributed by atoms with Gasteiger partial charge in [-0.3, -0.25) is 9.59 Å². The van der Waals surface area contributed by atoms with Gasteiger partial charge in [0, 0.05) is 18.8 Å². The highest BCUT2D eigenvalue weighted by atomic mass is 16.4. The second-order valence-electron chi connectivity index (χ2n) is 5.60. The largest absolute Gasteiger partial charge is 0.481 e. The highest BCUT2D eigenvalue weighted by Crippen LogP contribution is 2.18. The fourth-order valence-electron chi connectivity index (χ4n) is 2.22. The van der Waals surface area contributed by atoms with E-state index >= 15 is 0 Å². The Kier molecular flexibility index (Phi) is 7.43. The Morgan fingerprint density at radius 1 is 1.18 bits per heavy atom. The first kappa shape index (κ1) is 18.0. The van der Waals surface area contributed by atoms with Crippen molar-refractivity contribution in [2.45, 2.75) is 39.5 Å². The highest BCUT2D eigenvalue weighted by Gasteiger charge is 2.17. The van der Waals surface area contributed by atoms with Crippen LogP contribution in [0, 0.1) is 5.92 Å². The van der Waals surface area contributed by atoms with Crippen LogP contribution in [0.2, 0.25) is 0 Å². The quantitative estimate of drug-likeness (QED) is 0.694. The van der Waals surface area contributed by atoms with Gasteiger partial charge in [-0.15, -0.1) is 0 Å². The van der Waals surface area contributed by atoms with E-state index in [0.29, 0.717) is 13.1 Å². The monoisotopic (exact) mass is 307 g/mol. The Balaban J connectivity index is 2.79. The molecule has 0 bridgehead atoms. The average molecular weight is 307 g/mol. The van der Waals surface area contributed by atoms with Gasteiger partial charge in [0.2, 0.25) is 0 Å². The molecule has 1 atom stereocenters. The highest BCUT2D eigenvalue weighted by molar-refractivity contribution is 5.71. The van der Waals surface area contributed by atoms with Gasteiger partial charge in [0.05, 0.1) is 12.3 Å². The van der Waals surface area contributed by atoms with Crippen LogP contribution in [0.4, 0.5) is 5.69 Å². The summed E-state index contributed by atoms with van der Waals surface area (Å²) < 4.78 is 0. The van der Waals surface area contributed by atoms with Crippen LogP contribution in [0.25, 0.3) is 0 Å². The number of carboxylic acid groups (broad SMARTS) is 2. The number of hydrogen-bond donors (Lipinski definition) is 2. The summed E-state index contributed by atoms with van der Waals surface area (Å²) in [5.74, 6) is -2.30. The van der Waals surface area contributed by atoms with Gasteiger partial charge in [-0.1, -0.05) is 32.4 Å². The van der Waals surface area contributed by atoms with Gasteiger partial charge in [-0.05, 0) is 30.5 Å². The predicted molar refractivity (Wildman–Crippen MR) is 86.3 cm³/mol. The molecule has 22 heavy (non-hydrogen) atoms. The number of rotatable bonds is 10. The molecule has 0 aliphatic heterocycles. The van der Waals surface area contributed by atoms with Gasteiger partial charge in [-0.25, -0.2) is 0 Å². The Labute approximate surface area is 131 Å². The van der Waals surface area contributed by atoms with Crippen LogP contribution >= 0.6 is 0 Å². The predicted octanol–water partition coefficient (Wildman–Crippen LogP) is 3.03. The fraction of sp³-hybridized carbons (Fsp3) is 0.529. The number of benzene rings is 1. The van der Waals surface area contributed by atoms with Crippen LogP contribution < -0.4 is 4.90 Å². The number of carbonyl (C=O) groups is 2. The van der Waals surface area contributed by atoms with E-state index in [1.807, 2.05) is 29.2 Å². The lowest BCUT2D eigenvalue weighted by molar-refractivity contribution is -0.140. The Hall–Kier alpha value is -2.04. The zero-order valence-corrected chi connectivity index (χ0v) is 13.3. The zero-order valence-electron chi connectivity index (χ0n) is 13.3. The molecule has 5 heteroatoms. The van der Waals surface area contributed by atoms with E-state index in [2.05, 4.69) is 6.92 Å². The molecule has 1 aromatic rings. The number of aliphatic carboxylic acids is 2. The van der Waals surface area contributed by atoms with Crippen molar-refractivity contribution < 1.29 is 19.8 Å². The molecule has 0 fully saturated rings. The molecular weight excluding hydrogens is 282 g/mol. The van der Waals surface area contributed by atoms with E-state index < -0.39 is 17.9 Å². The molecule has 5 nitrogen and oxygen atoms in total. The standard InChI is InChI=1S/C17H25NO4/c1-3-4-5-14-6-8-15(9-7-14)18(11-10-16(19)20)12-13(2)17(21)22/h6-9,13H,3-5,10-12H2,1-2H3,(H,19,20)(H,21,22). The zero-order chi connectivity index (χ0) is 16.5. The van der Waals surface area contributed by atoms with E-state index in [1.165, 1.54) is 5.56 Å². The van der Waals surface area contributed by atoms with Crippen molar-refractivity contribution in [1.29, 1.82) is 0 Å². The molecule has 0 spiro atoms. The molecule has 1 aromatic carbocycles. The van der Waals surface area contributed by atoms with E-state index in [4.69, 9.17) is 10.2 Å². The van der Waals surface area contributed by atoms with Crippen molar-refractivity contribution in [3.63, 3.8) is 0 Å². The third-order valence-electron chi connectivity index (χ3n) is 3.63. The molecule has 0 saturated heterocycles. The van der Waals surface area contributed by atoms with Crippen LogP contribution in [0.1, 0.15) is 38.7 Å². The summed E-state index contributed by atoms with van der Waals surface area (Å²) in [4.78, 5) is 23.6. The second kappa shape index (κ2) is 9.07. The van der Waals surface area contributed by atoms with Crippen LogP contribution in [0.5, 0.6) is 0 Å². The third-order valence-corrected chi connectivity index (χ3v) is 3.63. The van der Waals surface area contributed by atoms with E-state index in [9.17, 15) is 9.59 Å². The van der Waals surface area contributed by atoms with Crippen LogP contribution in [-0.2, 0) is 16.0 Å². The summed E-state index contributed by atoms with van der Waals surface area (Å²) in [7, 11) is 0. The lowest BCUT2D eigenvalue weighted by atomic mass is 10.1. The Bertz CT molecular complexity index is 484. The van der Waals surface area contributed by atoms with Crippen molar-refractivity contribution >= 4 is 17.6 Å². The summed E-state index contributed by atoms with van der Waals surface area (Å²) >= 11 is 0. The van der Waals surface area contributed by atoms with Crippen LogP contribution in [-0.4, -0.2) is 35.2 Å². The van der Waals surface area contributed by atoms with Crippen molar-refractivity contribution in [2.75, 3.05) is 18.0 Å². The molecule has 0 radical (unpaired) electrons. The third kappa shape index (κ3) is 6.16. The number of aryl methyl sites for hydroxylation is 1. The maximum absolute atomic E-state index is 11.0. The smallest absolute Gasteiger partial charge is 0.308 e. The number of carboxylic acids is 2. The summed E-state index contributed by atoms with van der Waals surface area (Å²) in [6.45, 7) is 4.39. The minimum absolute atomic E-state index is 0.00999. The van der Waals surface area contributed by atoms with E-state index in [-0.39, 0.29) is 6.42 Å². The molecule has 0 amide bonds. The molecule has 1 unspecified atom stereocenters. The lowest BCUT2D eigenvalue weighted by Crippen LogP contribution is -2.33. The summed E-state index contributed by atoms with van der Waals surface area (Å²) in [6, 6.07) is 7.96. The van der Waals surface area contributed by atoms with Gasteiger partial charge in [0.15, 0.2) is 0 Å². The number of nitrogens with zero attached hydrogens (tertiary/aromatic N) is 1. The van der Waals surface area contributed by atoms with Gasteiger partial charge in [0.1, 0.15) is 0 Å². The maximum Gasteiger partial charge on any atom is 0.308 e. The van der Waals surface area contributed by atoms with Crippen molar-refractivity contribution in [1.82, 2.24) is 0 Å². The van der Waals surface area contributed by atoms with E-state index in [1.54, 1.807) is 6.92 Å². The first-order valence-corrected chi connectivity index (χ1v) is 7.72. The molecule has 2 N–H and O–H groups in total. The Morgan fingerprint density at radius 2 is 1.82 bits per heavy atom. The molecule has 122 valence electrons. The molecular formula is C17H25NO4. The summed E-state index contributed by atoms with van der Waals surface area (Å²) in [5.41, 5.74) is 2.12. The summed E-state index contributed by atoms with van der Waals surface area (Å²) in [6.07, 6.45) is 3.29. The molecule has 0 heterocycles. The Morgan fingerprint density at radius 3 is 2.32 bits per heavy atom. The minimum Gasteiger partial charge on any atom is -0.481 e. The van der Waals surface area contributed by atoms with Crippen molar-refractivity contribution in [2.24, 2.45) is 5.92 Å². The summed E-state index contributed by atoms with van der Waals surface area (Å²) in [5, 5.41) is 17.9. The SMILES string of the molecule is CCCCc1ccc(N(CCC(=O)O)CC(C)C(=O)O)cc1. The van der Waals surface area contributed by atoms with Crippen LogP contribution in [0.3, 0.4) is 0 Å². The molecule has 0 aliphatic carbocycles. The van der Waals surface area contributed by atoms with E-state index in [0.717, 1.165) is 24.9 Å². The number of unbranched alkanes of at least 4 members (excludes halogenated alkanes) is 1. The minimum atomic E-state index is -0.882. The lowest BCUT2D eigenvalue weighted by Gasteiger charge is -2.26. The second-order valence-corrected chi connectivity index (χ2v) is 5.60. The molecule has 0 saturated carbocycles. The number of anilines is 1. The van der Waals surface area contributed by atoms with Crippen molar-refractivity contribution in [3.8, 4) is 0 Å². The maximum atomic E-state index is 11.0. The number of hydrogen-bond acceptors (Lipinski definition) is 3. The van der Waals surface area contributed by atoms with Gasteiger partial charge in [-0.2, -0.15) is 0 Å². The molecule has 0 aliphatic rings. The normalized spacial score (nSPS) is 11.9. The van der Waals surface area contributed by atoms with Gasteiger partial charge in [0.25, 0.3) is 0 Å². The van der Waals surface area contributed by atoms with Gasteiger partial charge >= 0.3 is 11.9 Å². The van der Waals surface area contributed by atoms with Crippen LogP contribution in [0.15, 0.2) is 24.3 Å². The first-order valence-electron chi connectivity index (χ1n) is 7.72. The topological polar surface area (TPSA) is 77.8 Å². The fourth-order valence-corrected chi connectivity index (χ4v) is 2.22.